The number of rotatable bonds is 4. The monoisotopic (exact) mass is 334 g/mol. The Kier molecular flexibility index (Phi) is 4.82. The van der Waals surface area contributed by atoms with Crippen LogP contribution < -0.4 is 5.32 Å². The maximum atomic E-state index is 12.8. The van der Waals surface area contributed by atoms with Gasteiger partial charge in [-0.2, -0.15) is 4.31 Å². The van der Waals surface area contributed by atoms with Gasteiger partial charge in [-0.05, 0) is 44.2 Å². The van der Waals surface area contributed by atoms with E-state index in [-0.39, 0.29) is 16.7 Å². The van der Waals surface area contributed by atoms with Crippen molar-refractivity contribution in [3.63, 3.8) is 0 Å². The molecule has 1 aromatic carbocycles. The molecule has 5 nitrogen and oxygen atoms in total. The number of hydrogen-bond donors (Lipinski definition) is 1. The Bertz CT molecular complexity index is 706. The van der Waals surface area contributed by atoms with Gasteiger partial charge in [0.05, 0.1) is 5.69 Å². The second kappa shape index (κ2) is 6.84. The van der Waals surface area contributed by atoms with E-state index >= 15 is 0 Å². The molecule has 0 saturated carbocycles. The quantitative estimate of drug-likeness (QED) is 0.861. The van der Waals surface area contributed by atoms with Crippen molar-refractivity contribution in [2.45, 2.75) is 37.0 Å². The van der Waals surface area contributed by atoms with Gasteiger partial charge in [-0.3, -0.25) is 4.79 Å². The zero-order valence-electron chi connectivity index (χ0n) is 13.1. The van der Waals surface area contributed by atoms with Gasteiger partial charge in [0.25, 0.3) is 0 Å². The van der Waals surface area contributed by atoms with Gasteiger partial charge < -0.3 is 5.32 Å². The molecule has 0 radical (unpaired) electrons. The molecule has 1 fully saturated rings. The molecule has 3 rings (SSSR count). The Morgan fingerprint density at radius 2 is 1.87 bits per heavy atom. The van der Waals surface area contributed by atoms with Crippen LogP contribution in [0.15, 0.2) is 41.3 Å². The third-order valence-corrected chi connectivity index (χ3v) is 6.42. The summed E-state index contributed by atoms with van der Waals surface area (Å²) in [4.78, 5) is 12.6. The van der Waals surface area contributed by atoms with Crippen molar-refractivity contribution in [2.75, 3.05) is 18.4 Å². The molecule has 0 spiro atoms. The molecule has 1 N–H and O–H groups in total. The molecular formula is C17H22N2O3S. The van der Waals surface area contributed by atoms with E-state index in [9.17, 15) is 13.2 Å². The van der Waals surface area contributed by atoms with Crippen LogP contribution in [-0.4, -0.2) is 31.7 Å². The van der Waals surface area contributed by atoms with Gasteiger partial charge in [-0.1, -0.05) is 24.3 Å². The number of sulfonamides is 1. The van der Waals surface area contributed by atoms with Gasteiger partial charge in [0.2, 0.25) is 15.9 Å². The standard InChI is InChI=1S/C17H22N2O3S/c20-17(14-8-2-1-3-9-14)18-15-10-4-5-11-16(15)23(21,22)19-12-6-7-13-19/h1-2,4-5,10-11,14H,3,6-9,12-13H2,(H,18,20)/t14-/m0/s1. The van der Waals surface area contributed by atoms with Crippen molar-refractivity contribution in [1.82, 2.24) is 4.31 Å². The Morgan fingerprint density at radius 1 is 1.13 bits per heavy atom. The van der Waals surface area contributed by atoms with Gasteiger partial charge in [0, 0.05) is 19.0 Å². The summed E-state index contributed by atoms with van der Waals surface area (Å²) in [6.45, 7) is 1.11. The topological polar surface area (TPSA) is 66.5 Å². The van der Waals surface area contributed by atoms with Crippen LogP contribution in [-0.2, 0) is 14.8 Å². The molecule has 1 aromatic rings. The van der Waals surface area contributed by atoms with Crippen LogP contribution in [0.25, 0.3) is 0 Å². The number of hydrogen-bond acceptors (Lipinski definition) is 3. The molecule has 1 atom stereocenters. The lowest BCUT2D eigenvalue weighted by Crippen LogP contribution is -2.30. The van der Waals surface area contributed by atoms with Crippen molar-refractivity contribution in [3.8, 4) is 0 Å². The first kappa shape index (κ1) is 16.2. The molecule has 6 heteroatoms. The van der Waals surface area contributed by atoms with Gasteiger partial charge in [-0.25, -0.2) is 8.42 Å². The number of para-hydroxylation sites is 1. The fraction of sp³-hybridized carbons (Fsp3) is 0.471. The third-order valence-electron chi connectivity index (χ3n) is 4.47. The van der Waals surface area contributed by atoms with Gasteiger partial charge >= 0.3 is 0 Å². The zero-order chi connectivity index (χ0) is 16.3. The zero-order valence-corrected chi connectivity index (χ0v) is 13.9. The molecule has 23 heavy (non-hydrogen) atoms. The average molecular weight is 334 g/mol. The molecule has 1 aliphatic carbocycles. The largest absolute Gasteiger partial charge is 0.325 e. The molecule has 1 heterocycles. The second-order valence-corrected chi connectivity index (χ2v) is 7.98. The summed E-state index contributed by atoms with van der Waals surface area (Å²) >= 11 is 0. The van der Waals surface area contributed by atoms with E-state index in [0.29, 0.717) is 25.2 Å². The number of carbonyl (C=O) groups is 1. The highest BCUT2D eigenvalue weighted by atomic mass is 32.2. The number of anilines is 1. The number of carbonyl (C=O) groups excluding carboxylic acids is 1. The molecule has 2 aliphatic rings. The smallest absolute Gasteiger partial charge is 0.245 e. The highest BCUT2D eigenvalue weighted by Crippen LogP contribution is 2.28. The fourth-order valence-corrected chi connectivity index (χ4v) is 4.79. The molecule has 0 bridgehead atoms. The minimum absolute atomic E-state index is 0.0810. The maximum absolute atomic E-state index is 12.8. The summed E-state index contributed by atoms with van der Waals surface area (Å²) in [6.07, 6.45) is 8.29. The van der Waals surface area contributed by atoms with Crippen molar-refractivity contribution >= 4 is 21.6 Å². The predicted molar refractivity (Wildman–Crippen MR) is 89.5 cm³/mol. The Hall–Kier alpha value is -1.66. The van der Waals surface area contributed by atoms with E-state index in [4.69, 9.17) is 0 Å². The number of nitrogens with zero attached hydrogens (tertiary/aromatic N) is 1. The Balaban J connectivity index is 1.83. The lowest BCUT2D eigenvalue weighted by atomic mass is 9.93. The van der Waals surface area contributed by atoms with Crippen LogP contribution in [0.3, 0.4) is 0 Å². The highest BCUT2D eigenvalue weighted by molar-refractivity contribution is 7.89. The van der Waals surface area contributed by atoms with Crippen molar-refractivity contribution in [3.05, 3.63) is 36.4 Å². The van der Waals surface area contributed by atoms with E-state index in [1.165, 1.54) is 4.31 Å². The minimum Gasteiger partial charge on any atom is -0.325 e. The number of allylic oxidation sites excluding steroid dienone is 2. The second-order valence-electron chi connectivity index (χ2n) is 6.08. The lowest BCUT2D eigenvalue weighted by Gasteiger charge is -2.21. The van der Waals surface area contributed by atoms with Crippen molar-refractivity contribution < 1.29 is 13.2 Å². The Labute approximate surface area is 137 Å². The highest BCUT2D eigenvalue weighted by Gasteiger charge is 2.30. The van der Waals surface area contributed by atoms with Crippen LogP contribution >= 0.6 is 0 Å². The summed E-state index contributed by atoms with van der Waals surface area (Å²) in [6, 6.07) is 6.69. The molecule has 0 aromatic heterocycles. The maximum Gasteiger partial charge on any atom is 0.245 e. The summed E-state index contributed by atoms with van der Waals surface area (Å²) in [7, 11) is -3.54. The summed E-state index contributed by atoms with van der Waals surface area (Å²) in [5, 5.41) is 2.83. The van der Waals surface area contributed by atoms with E-state index in [1.54, 1.807) is 24.3 Å². The molecule has 1 saturated heterocycles. The van der Waals surface area contributed by atoms with Gasteiger partial charge in [0.15, 0.2) is 0 Å². The van der Waals surface area contributed by atoms with Crippen molar-refractivity contribution in [2.24, 2.45) is 5.92 Å². The first-order chi connectivity index (χ1) is 11.1. The first-order valence-corrected chi connectivity index (χ1v) is 9.58. The first-order valence-electron chi connectivity index (χ1n) is 8.14. The number of benzene rings is 1. The minimum atomic E-state index is -3.54. The molecule has 124 valence electrons. The summed E-state index contributed by atoms with van der Waals surface area (Å²) in [5.74, 6) is -0.180. The van der Waals surface area contributed by atoms with Crippen molar-refractivity contribution in [1.29, 1.82) is 0 Å². The van der Waals surface area contributed by atoms with E-state index in [1.807, 2.05) is 6.08 Å². The SMILES string of the molecule is O=C(Nc1ccccc1S(=O)(=O)N1CCCC1)[C@H]1CC=CCC1. The summed E-state index contributed by atoms with van der Waals surface area (Å²) in [5.41, 5.74) is 0.388. The number of nitrogens with one attached hydrogen (secondary N) is 1. The predicted octanol–water partition coefficient (Wildman–Crippen LogP) is 2.77. The van der Waals surface area contributed by atoms with Gasteiger partial charge in [-0.15, -0.1) is 0 Å². The van der Waals surface area contributed by atoms with Gasteiger partial charge in [0.1, 0.15) is 4.90 Å². The molecule has 1 amide bonds. The third kappa shape index (κ3) is 3.48. The van der Waals surface area contributed by atoms with Crippen LogP contribution in [0.1, 0.15) is 32.1 Å². The average Bonchev–Trinajstić information content (AvgIpc) is 3.11. The van der Waals surface area contributed by atoms with Crippen LogP contribution in [0, 0.1) is 5.92 Å². The van der Waals surface area contributed by atoms with Crippen LogP contribution in [0.2, 0.25) is 0 Å². The molecule has 1 aliphatic heterocycles. The normalized spacial score (nSPS) is 22.2. The Morgan fingerprint density at radius 3 is 2.57 bits per heavy atom. The van der Waals surface area contributed by atoms with E-state index in [0.717, 1.165) is 25.7 Å². The lowest BCUT2D eigenvalue weighted by molar-refractivity contribution is -0.120. The fourth-order valence-electron chi connectivity index (χ4n) is 3.13. The van der Waals surface area contributed by atoms with Crippen LogP contribution in [0.4, 0.5) is 5.69 Å². The van der Waals surface area contributed by atoms with Crippen LogP contribution in [0.5, 0.6) is 0 Å². The van der Waals surface area contributed by atoms with E-state index < -0.39 is 10.0 Å². The summed E-state index contributed by atoms with van der Waals surface area (Å²) < 4.78 is 27.1. The number of amides is 1. The molecule has 0 unspecified atom stereocenters. The molecular weight excluding hydrogens is 312 g/mol. The van der Waals surface area contributed by atoms with E-state index in [2.05, 4.69) is 11.4 Å².